The molecule has 0 saturated carbocycles. The minimum atomic E-state index is -0.0565. The lowest BCUT2D eigenvalue weighted by atomic mass is 9.74. The van der Waals surface area contributed by atoms with Crippen LogP contribution in [0.5, 0.6) is 11.5 Å². The standard InChI is InChI=1S/C56H40N4O/c1-58-36-59-51-34-41(61-42-28-30-46-45-21-8-9-25-49(45)60(52(46)35-42)53-27-10-11-32-57-53)29-31-47(51)55(48-24-14-26-50(58)56(48)59)54-43(38-17-6-3-7-18-38)22-13-23-44(54)40-20-12-19-39(33-40)37-15-4-2-5-16-37/h2-35,55H,36H2,1H3. The average Bonchev–Trinajstić information content (AvgIpc) is 3.84. The first kappa shape index (κ1) is 35.1. The van der Waals surface area contributed by atoms with Crippen molar-refractivity contribution in [2.24, 2.45) is 0 Å². The molecule has 0 amide bonds. The molecule has 0 radical (unpaired) electrons. The Bertz CT molecular complexity index is 3290. The van der Waals surface area contributed by atoms with Crippen molar-refractivity contribution in [3.8, 4) is 50.7 Å². The van der Waals surface area contributed by atoms with Crippen molar-refractivity contribution < 1.29 is 4.74 Å². The van der Waals surface area contributed by atoms with E-state index in [1.165, 1.54) is 66.8 Å². The molecule has 1 atom stereocenters. The van der Waals surface area contributed by atoms with Crippen LogP contribution in [0.3, 0.4) is 0 Å². The van der Waals surface area contributed by atoms with Crippen LogP contribution in [-0.4, -0.2) is 23.3 Å². The van der Waals surface area contributed by atoms with E-state index in [4.69, 9.17) is 9.72 Å². The van der Waals surface area contributed by atoms with E-state index in [1.807, 2.05) is 18.3 Å². The van der Waals surface area contributed by atoms with Gasteiger partial charge in [-0.1, -0.05) is 140 Å². The van der Waals surface area contributed by atoms with Gasteiger partial charge in [0, 0.05) is 42.1 Å². The number of ether oxygens (including phenoxy) is 1. The van der Waals surface area contributed by atoms with Crippen molar-refractivity contribution in [3.05, 3.63) is 223 Å². The van der Waals surface area contributed by atoms with Gasteiger partial charge in [-0.25, -0.2) is 4.98 Å². The minimum Gasteiger partial charge on any atom is -0.457 e. The zero-order chi connectivity index (χ0) is 40.4. The van der Waals surface area contributed by atoms with Gasteiger partial charge in [0.15, 0.2) is 0 Å². The third-order valence-corrected chi connectivity index (χ3v) is 12.5. The molecule has 8 aromatic carbocycles. The lowest BCUT2D eigenvalue weighted by Crippen LogP contribution is -2.28. The summed E-state index contributed by atoms with van der Waals surface area (Å²) in [5.74, 6) is 2.38. The molecular formula is C56H40N4O. The lowest BCUT2D eigenvalue weighted by Gasteiger charge is -2.36. The molecule has 4 heterocycles. The summed E-state index contributed by atoms with van der Waals surface area (Å²) in [6.07, 6.45) is 1.85. The predicted molar refractivity (Wildman–Crippen MR) is 251 cm³/mol. The van der Waals surface area contributed by atoms with Crippen LogP contribution >= 0.6 is 0 Å². The van der Waals surface area contributed by atoms with Crippen molar-refractivity contribution in [2.75, 3.05) is 23.5 Å². The fraction of sp³-hybridized carbons (Fsp3) is 0.0536. The number of hydrogen-bond acceptors (Lipinski definition) is 4. The molecule has 290 valence electrons. The van der Waals surface area contributed by atoms with Crippen molar-refractivity contribution in [3.63, 3.8) is 0 Å². The Morgan fingerprint density at radius 1 is 0.492 bits per heavy atom. The quantitative estimate of drug-likeness (QED) is 0.161. The van der Waals surface area contributed by atoms with Crippen LogP contribution in [0.25, 0.3) is 61.0 Å². The van der Waals surface area contributed by atoms with Gasteiger partial charge in [0.05, 0.1) is 34.8 Å². The first-order valence-electron chi connectivity index (χ1n) is 20.9. The highest BCUT2D eigenvalue weighted by Gasteiger charge is 2.39. The topological polar surface area (TPSA) is 33.5 Å². The van der Waals surface area contributed by atoms with E-state index in [2.05, 4.69) is 209 Å². The van der Waals surface area contributed by atoms with E-state index in [-0.39, 0.29) is 5.92 Å². The van der Waals surface area contributed by atoms with Gasteiger partial charge in [0.2, 0.25) is 0 Å². The molecule has 0 bridgehead atoms. The molecule has 0 N–H and O–H groups in total. The summed E-state index contributed by atoms with van der Waals surface area (Å²) in [6.45, 7) is 0.748. The number of aromatic nitrogens is 2. The SMILES string of the molecule is CN1CN2c3cc(Oc4ccc5c6ccccc6n(-c6ccccn6)c5c4)ccc3C(c3c(-c4ccccc4)cccc3-c3cccc(-c4ccccc4)c3)c3cccc1c32. The third-order valence-electron chi connectivity index (χ3n) is 12.5. The largest absolute Gasteiger partial charge is 0.457 e. The Balaban J connectivity index is 1.04. The molecule has 0 aliphatic carbocycles. The van der Waals surface area contributed by atoms with Gasteiger partial charge in [-0.2, -0.15) is 0 Å². The molecule has 61 heavy (non-hydrogen) atoms. The molecule has 1 unspecified atom stereocenters. The van der Waals surface area contributed by atoms with Crippen LogP contribution in [0.4, 0.5) is 17.1 Å². The summed E-state index contributed by atoms with van der Waals surface area (Å²) in [6, 6.07) is 71.9. The number of nitrogens with zero attached hydrogens (tertiary/aromatic N) is 4. The van der Waals surface area contributed by atoms with Crippen LogP contribution in [0.2, 0.25) is 0 Å². The normalized spacial score (nSPS) is 14.0. The summed E-state index contributed by atoms with van der Waals surface area (Å²) in [5, 5.41) is 2.34. The number of fused-ring (bicyclic) bond motifs is 5. The fourth-order valence-corrected chi connectivity index (χ4v) is 9.86. The van der Waals surface area contributed by atoms with Crippen LogP contribution in [0, 0.1) is 0 Å². The molecule has 0 saturated heterocycles. The highest BCUT2D eigenvalue weighted by atomic mass is 16.5. The molecule has 0 fully saturated rings. The predicted octanol–water partition coefficient (Wildman–Crippen LogP) is 14.0. The van der Waals surface area contributed by atoms with E-state index in [0.717, 1.165) is 46.1 Å². The Kier molecular flexibility index (Phi) is 8.13. The van der Waals surface area contributed by atoms with Crippen LogP contribution in [0.1, 0.15) is 22.6 Å². The summed E-state index contributed by atoms with van der Waals surface area (Å²) < 4.78 is 9.10. The molecule has 0 spiro atoms. The van der Waals surface area contributed by atoms with Gasteiger partial charge in [-0.3, -0.25) is 4.57 Å². The van der Waals surface area contributed by atoms with E-state index < -0.39 is 0 Å². The summed E-state index contributed by atoms with van der Waals surface area (Å²) in [7, 11) is 2.19. The van der Waals surface area contributed by atoms with Gasteiger partial charge in [-0.15, -0.1) is 0 Å². The third kappa shape index (κ3) is 5.73. The zero-order valence-electron chi connectivity index (χ0n) is 33.6. The Labute approximate surface area is 355 Å². The maximum Gasteiger partial charge on any atom is 0.137 e. The van der Waals surface area contributed by atoms with Crippen molar-refractivity contribution in [2.45, 2.75) is 5.92 Å². The number of benzene rings is 8. The Morgan fingerprint density at radius 3 is 2.00 bits per heavy atom. The van der Waals surface area contributed by atoms with Crippen LogP contribution in [0.15, 0.2) is 206 Å². The van der Waals surface area contributed by atoms with Gasteiger partial charge in [0.1, 0.15) is 17.3 Å². The summed E-state index contributed by atoms with van der Waals surface area (Å²) in [5.41, 5.74) is 16.9. The van der Waals surface area contributed by atoms with E-state index in [0.29, 0.717) is 0 Å². The second-order valence-corrected chi connectivity index (χ2v) is 16.0. The molecule has 5 heteroatoms. The smallest absolute Gasteiger partial charge is 0.137 e. The van der Waals surface area contributed by atoms with Crippen molar-refractivity contribution in [1.82, 2.24) is 9.55 Å². The van der Waals surface area contributed by atoms with E-state index in [9.17, 15) is 0 Å². The number of hydrogen-bond donors (Lipinski definition) is 0. The van der Waals surface area contributed by atoms with Gasteiger partial charge in [-0.05, 0) is 98.6 Å². The monoisotopic (exact) mass is 784 g/mol. The second kappa shape index (κ2) is 14.1. The number of pyridine rings is 1. The molecule has 5 nitrogen and oxygen atoms in total. The van der Waals surface area contributed by atoms with Gasteiger partial charge < -0.3 is 14.5 Å². The summed E-state index contributed by atoms with van der Waals surface area (Å²) >= 11 is 0. The first-order valence-corrected chi connectivity index (χ1v) is 20.9. The zero-order valence-corrected chi connectivity index (χ0v) is 33.6. The van der Waals surface area contributed by atoms with Crippen molar-refractivity contribution in [1.29, 1.82) is 0 Å². The second-order valence-electron chi connectivity index (χ2n) is 16.0. The van der Waals surface area contributed by atoms with Crippen molar-refractivity contribution >= 4 is 38.9 Å². The number of para-hydroxylation sites is 2. The maximum absolute atomic E-state index is 6.87. The number of anilines is 3. The van der Waals surface area contributed by atoms with E-state index >= 15 is 0 Å². The molecule has 2 aliphatic rings. The Morgan fingerprint density at radius 2 is 1.16 bits per heavy atom. The molecule has 2 aromatic heterocycles. The first-order chi connectivity index (χ1) is 30.2. The highest BCUT2D eigenvalue weighted by molar-refractivity contribution is 6.09. The molecule has 10 aromatic rings. The van der Waals surface area contributed by atoms with E-state index in [1.54, 1.807) is 0 Å². The number of rotatable bonds is 7. The Hall–Kier alpha value is -7.89. The van der Waals surface area contributed by atoms with Gasteiger partial charge in [0.25, 0.3) is 0 Å². The average molecular weight is 785 g/mol. The van der Waals surface area contributed by atoms with Gasteiger partial charge >= 0.3 is 0 Å². The fourth-order valence-electron chi connectivity index (χ4n) is 9.86. The highest BCUT2D eigenvalue weighted by Crippen LogP contribution is 2.57. The van der Waals surface area contributed by atoms with Crippen LogP contribution < -0.4 is 14.5 Å². The minimum absolute atomic E-state index is 0.0565. The van der Waals surface area contributed by atoms with Crippen LogP contribution in [-0.2, 0) is 0 Å². The molecule has 12 rings (SSSR count). The maximum atomic E-state index is 6.87. The molecular weight excluding hydrogens is 745 g/mol. The lowest BCUT2D eigenvalue weighted by molar-refractivity contribution is 0.483. The summed E-state index contributed by atoms with van der Waals surface area (Å²) in [4.78, 5) is 9.58. The molecule has 2 aliphatic heterocycles.